The van der Waals surface area contributed by atoms with Gasteiger partial charge in [-0.2, -0.15) is 0 Å². The molecule has 1 aliphatic rings. The first-order chi connectivity index (χ1) is 18.9. The maximum Gasteiger partial charge on any atom is 0.243 e. The van der Waals surface area contributed by atoms with Gasteiger partial charge < -0.3 is 10.2 Å². The van der Waals surface area contributed by atoms with Crippen LogP contribution >= 0.6 is 46.6 Å². The lowest BCUT2D eigenvalue weighted by Crippen LogP contribution is -2.53. The van der Waals surface area contributed by atoms with Gasteiger partial charge in [0.05, 0.1) is 5.75 Å². The quantitative estimate of drug-likeness (QED) is 0.242. The largest absolute Gasteiger partial charge is 0.352 e. The van der Waals surface area contributed by atoms with Crippen LogP contribution in [0.2, 0.25) is 15.1 Å². The summed E-state index contributed by atoms with van der Waals surface area (Å²) in [5.41, 5.74) is 2.84. The average Bonchev–Trinajstić information content (AvgIpc) is 2.94. The first-order valence-corrected chi connectivity index (χ1v) is 15.6. The highest BCUT2D eigenvalue weighted by atomic mass is 35.5. The van der Waals surface area contributed by atoms with Crippen LogP contribution in [0.25, 0.3) is 0 Å². The molecule has 3 aromatic carbocycles. The molecule has 4 nitrogen and oxygen atoms in total. The second-order valence-corrected chi connectivity index (χ2v) is 12.2. The summed E-state index contributed by atoms with van der Waals surface area (Å²) in [5.74, 6) is 0.585. The smallest absolute Gasteiger partial charge is 0.243 e. The van der Waals surface area contributed by atoms with Crippen LogP contribution in [-0.4, -0.2) is 34.6 Å². The predicted molar refractivity (Wildman–Crippen MR) is 164 cm³/mol. The predicted octanol–water partition coefficient (Wildman–Crippen LogP) is 7.97. The van der Waals surface area contributed by atoms with Gasteiger partial charge in [-0.3, -0.25) is 9.59 Å². The van der Waals surface area contributed by atoms with Gasteiger partial charge in [0.25, 0.3) is 0 Å². The van der Waals surface area contributed by atoms with E-state index in [2.05, 4.69) is 5.32 Å². The van der Waals surface area contributed by atoms with E-state index in [-0.39, 0.29) is 23.6 Å². The van der Waals surface area contributed by atoms with Crippen LogP contribution < -0.4 is 5.32 Å². The van der Waals surface area contributed by atoms with Crippen molar-refractivity contribution >= 4 is 58.4 Å². The Balaban J connectivity index is 1.56. The van der Waals surface area contributed by atoms with Crippen molar-refractivity contribution in [2.75, 3.05) is 5.75 Å². The zero-order valence-electron chi connectivity index (χ0n) is 21.8. The van der Waals surface area contributed by atoms with Crippen LogP contribution in [0, 0.1) is 0 Å². The van der Waals surface area contributed by atoms with E-state index in [1.807, 2.05) is 60.7 Å². The summed E-state index contributed by atoms with van der Waals surface area (Å²) in [6, 6.07) is 22.2. The Morgan fingerprint density at radius 3 is 2.26 bits per heavy atom. The van der Waals surface area contributed by atoms with E-state index < -0.39 is 6.04 Å². The molecule has 1 saturated carbocycles. The highest BCUT2D eigenvalue weighted by Gasteiger charge is 2.31. The summed E-state index contributed by atoms with van der Waals surface area (Å²) in [6.45, 7) is 0.313. The number of nitrogens with one attached hydrogen (secondary N) is 1. The summed E-state index contributed by atoms with van der Waals surface area (Å²) < 4.78 is 0. The fourth-order valence-corrected chi connectivity index (χ4v) is 6.45. The van der Waals surface area contributed by atoms with Gasteiger partial charge in [-0.05, 0) is 53.8 Å². The second kappa shape index (κ2) is 15.0. The van der Waals surface area contributed by atoms with E-state index in [1.165, 1.54) is 18.2 Å². The topological polar surface area (TPSA) is 49.4 Å². The number of carbonyl (C=O) groups is 2. The van der Waals surface area contributed by atoms with Crippen LogP contribution in [0.3, 0.4) is 0 Å². The van der Waals surface area contributed by atoms with E-state index in [4.69, 9.17) is 34.8 Å². The number of hydrogen-bond donors (Lipinski definition) is 1. The van der Waals surface area contributed by atoms with Crippen molar-refractivity contribution in [1.29, 1.82) is 0 Å². The summed E-state index contributed by atoms with van der Waals surface area (Å²) in [4.78, 5) is 29.4. The lowest BCUT2D eigenvalue weighted by molar-refractivity contribution is -0.139. The molecule has 2 amide bonds. The average molecular weight is 604 g/mol. The molecular formula is C31H33Cl3N2O2S. The number of amides is 2. The van der Waals surface area contributed by atoms with Crippen molar-refractivity contribution in [2.45, 2.75) is 62.9 Å². The van der Waals surface area contributed by atoms with E-state index in [1.54, 1.807) is 17.0 Å². The lowest BCUT2D eigenvalue weighted by Gasteiger charge is -2.33. The summed E-state index contributed by atoms with van der Waals surface area (Å²) in [7, 11) is 0. The molecule has 1 N–H and O–H groups in total. The molecule has 0 bridgehead atoms. The third kappa shape index (κ3) is 9.18. The van der Waals surface area contributed by atoms with Gasteiger partial charge in [0, 0.05) is 39.8 Å². The van der Waals surface area contributed by atoms with E-state index >= 15 is 0 Å². The Hall–Kier alpha value is -2.18. The van der Waals surface area contributed by atoms with Crippen molar-refractivity contribution in [2.24, 2.45) is 0 Å². The van der Waals surface area contributed by atoms with Gasteiger partial charge in [-0.1, -0.05) is 103 Å². The van der Waals surface area contributed by atoms with Gasteiger partial charge in [-0.15, -0.1) is 11.8 Å². The molecule has 1 fully saturated rings. The zero-order chi connectivity index (χ0) is 27.6. The van der Waals surface area contributed by atoms with E-state index in [9.17, 15) is 9.59 Å². The minimum Gasteiger partial charge on any atom is -0.352 e. The number of benzene rings is 3. The third-order valence-corrected chi connectivity index (χ3v) is 8.79. The lowest BCUT2D eigenvalue weighted by atomic mass is 9.94. The molecular weight excluding hydrogens is 571 g/mol. The maximum atomic E-state index is 13.8. The van der Waals surface area contributed by atoms with Gasteiger partial charge in [0.2, 0.25) is 11.8 Å². The van der Waals surface area contributed by atoms with E-state index in [0.717, 1.165) is 42.4 Å². The van der Waals surface area contributed by atoms with Gasteiger partial charge in [0.1, 0.15) is 6.04 Å². The molecule has 39 heavy (non-hydrogen) atoms. The molecule has 0 aromatic heterocycles. The Bertz CT molecular complexity index is 1230. The Kier molecular flexibility index (Phi) is 11.5. The number of nitrogens with zero attached hydrogens (tertiary/aromatic N) is 1. The van der Waals surface area contributed by atoms with Crippen molar-refractivity contribution in [3.05, 3.63) is 105 Å². The SMILES string of the molecule is O=C(NC1CCCCC1)C(Cc1ccccc1)N(Cc1ccc(Cl)cc1)C(=O)CSCc1ccc(Cl)cc1Cl. The first kappa shape index (κ1) is 29.8. The van der Waals surface area contributed by atoms with Crippen LogP contribution in [0.5, 0.6) is 0 Å². The summed E-state index contributed by atoms with van der Waals surface area (Å²) in [5, 5.41) is 5.05. The van der Waals surface area contributed by atoms with Gasteiger partial charge in [-0.25, -0.2) is 0 Å². The highest BCUT2D eigenvalue weighted by Crippen LogP contribution is 2.26. The Morgan fingerprint density at radius 2 is 1.56 bits per heavy atom. The minimum absolute atomic E-state index is 0.0974. The third-order valence-electron chi connectivity index (χ3n) is 6.99. The molecule has 0 heterocycles. The number of halogens is 3. The maximum absolute atomic E-state index is 13.8. The number of hydrogen-bond acceptors (Lipinski definition) is 3. The summed E-state index contributed by atoms with van der Waals surface area (Å²) in [6.07, 6.45) is 5.83. The first-order valence-electron chi connectivity index (χ1n) is 13.3. The molecule has 3 aromatic rings. The van der Waals surface area contributed by atoms with Crippen molar-refractivity contribution in [1.82, 2.24) is 10.2 Å². The monoisotopic (exact) mass is 602 g/mol. The fraction of sp³-hybridized carbons (Fsp3) is 0.355. The van der Waals surface area contributed by atoms with Crippen LogP contribution in [-0.2, 0) is 28.3 Å². The Morgan fingerprint density at radius 1 is 0.872 bits per heavy atom. The zero-order valence-corrected chi connectivity index (χ0v) is 24.8. The molecule has 0 aliphatic heterocycles. The molecule has 0 spiro atoms. The highest BCUT2D eigenvalue weighted by molar-refractivity contribution is 7.99. The fourth-order valence-electron chi connectivity index (χ4n) is 4.85. The molecule has 0 radical (unpaired) electrons. The molecule has 206 valence electrons. The Labute approximate surface area is 250 Å². The van der Waals surface area contributed by atoms with E-state index in [0.29, 0.717) is 33.8 Å². The molecule has 1 atom stereocenters. The van der Waals surface area contributed by atoms with Crippen LogP contribution in [0.15, 0.2) is 72.8 Å². The molecule has 1 unspecified atom stereocenters. The van der Waals surface area contributed by atoms with Crippen LogP contribution in [0.4, 0.5) is 0 Å². The molecule has 1 aliphatic carbocycles. The summed E-state index contributed by atoms with van der Waals surface area (Å²) >= 11 is 20.0. The van der Waals surface area contributed by atoms with Crippen molar-refractivity contribution < 1.29 is 9.59 Å². The minimum atomic E-state index is -0.641. The number of carbonyl (C=O) groups excluding carboxylic acids is 2. The standard InChI is InChI=1S/C31H33Cl3N2O2S/c32-25-14-11-23(12-15-25)19-36(30(37)21-39-20-24-13-16-26(33)18-28(24)34)29(17-22-7-3-1-4-8-22)31(38)35-27-9-5-2-6-10-27/h1,3-4,7-8,11-16,18,27,29H,2,5-6,9-10,17,19-21H2,(H,35,38). The van der Waals surface area contributed by atoms with Gasteiger partial charge in [0.15, 0.2) is 0 Å². The van der Waals surface area contributed by atoms with Crippen molar-refractivity contribution in [3.8, 4) is 0 Å². The molecule has 0 saturated heterocycles. The number of rotatable bonds is 11. The van der Waals surface area contributed by atoms with Crippen molar-refractivity contribution in [3.63, 3.8) is 0 Å². The van der Waals surface area contributed by atoms with Crippen LogP contribution in [0.1, 0.15) is 48.8 Å². The molecule has 8 heteroatoms. The normalized spacial score (nSPS) is 14.5. The van der Waals surface area contributed by atoms with Gasteiger partial charge >= 0.3 is 0 Å². The number of thioether (sulfide) groups is 1. The second-order valence-electron chi connectivity index (χ2n) is 9.93. The molecule has 4 rings (SSSR count).